The Balaban J connectivity index is 0.000000360. The van der Waals surface area contributed by atoms with Crippen molar-refractivity contribution in [2.75, 3.05) is 18.4 Å². The van der Waals surface area contributed by atoms with E-state index in [1.807, 2.05) is 31.2 Å². The minimum Gasteiger partial charge on any atom is -0.475 e. The van der Waals surface area contributed by atoms with Gasteiger partial charge < -0.3 is 20.7 Å². The highest BCUT2D eigenvalue weighted by Gasteiger charge is 2.38. The molecule has 32 heavy (non-hydrogen) atoms. The second kappa shape index (κ2) is 9.65. The summed E-state index contributed by atoms with van der Waals surface area (Å²) in [4.78, 5) is 21.4. The van der Waals surface area contributed by atoms with E-state index in [-0.39, 0.29) is 0 Å². The van der Waals surface area contributed by atoms with Gasteiger partial charge in [0.1, 0.15) is 17.6 Å². The van der Waals surface area contributed by atoms with Crippen molar-refractivity contribution >= 4 is 22.7 Å². The molecule has 1 aliphatic heterocycles. The third-order valence-corrected chi connectivity index (χ3v) is 4.94. The topological polar surface area (TPSA) is 127 Å². The maximum Gasteiger partial charge on any atom is 0.490 e. The van der Waals surface area contributed by atoms with E-state index in [2.05, 4.69) is 26.7 Å². The molecule has 0 spiro atoms. The Hall–Kier alpha value is -3.65. The molecular weight excluding hydrogens is 425 g/mol. The molecule has 168 valence electrons. The molecule has 1 fully saturated rings. The number of para-hydroxylation sites is 1. The van der Waals surface area contributed by atoms with Gasteiger partial charge in [0.25, 0.3) is 0 Å². The van der Waals surface area contributed by atoms with Crippen molar-refractivity contribution in [1.29, 1.82) is 5.26 Å². The average molecular weight is 446 g/mol. The molecule has 0 atom stereocenters. The Morgan fingerprint density at radius 3 is 2.53 bits per heavy atom. The lowest BCUT2D eigenvalue weighted by Crippen LogP contribution is -2.35. The lowest BCUT2D eigenvalue weighted by Gasteiger charge is -2.24. The van der Waals surface area contributed by atoms with E-state index in [0.29, 0.717) is 11.7 Å². The first-order valence-electron chi connectivity index (χ1n) is 9.83. The number of aromatic amines is 1. The first-order valence-corrected chi connectivity index (χ1v) is 9.83. The van der Waals surface area contributed by atoms with Gasteiger partial charge in [0.05, 0.1) is 17.6 Å². The Morgan fingerprint density at radius 1 is 1.28 bits per heavy atom. The van der Waals surface area contributed by atoms with Crippen LogP contribution in [0.1, 0.15) is 24.2 Å². The zero-order chi connectivity index (χ0) is 23.3. The SMILES string of the molecule is Cc1nc(-c2c(C#N)[nH]c3ccccc23)cnc1NC1CCNCC1.O=C(O)C(F)(F)F. The number of anilines is 1. The molecule has 0 aliphatic carbocycles. The number of nitrogens with one attached hydrogen (secondary N) is 3. The van der Waals surface area contributed by atoms with Gasteiger partial charge in [0, 0.05) is 22.5 Å². The van der Waals surface area contributed by atoms with Gasteiger partial charge in [0.2, 0.25) is 0 Å². The summed E-state index contributed by atoms with van der Waals surface area (Å²) in [5.74, 6) is -1.93. The maximum atomic E-state index is 10.6. The van der Waals surface area contributed by atoms with Crippen LogP contribution in [0.5, 0.6) is 0 Å². The number of carboxylic acid groups (broad SMARTS) is 1. The summed E-state index contributed by atoms with van der Waals surface area (Å²) >= 11 is 0. The number of aryl methyl sites for hydroxylation is 1. The van der Waals surface area contributed by atoms with E-state index in [0.717, 1.165) is 59.6 Å². The molecular formula is C21H21F3N6O2. The summed E-state index contributed by atoms with van der Waals surface area (Å²) in [6, 6.07) is 10.6. The first-order chi connectivity index (χ1) is 15.2. The van der Waals surface area contributed by atoms with Gasteiger partial charge in [-0.2, -0.15) is 18.4 Å². The minimum atomic E-state index is -5.08. The number of fused-ring (bicyclic) bond motifs is 1. The van der Waals surface area contributed by atoms with Gasteiger partial charge in [0.15, 0.2) is 0 Å². The number of nitrogens with zero attached hydrogens (tertiary/aromatic N) is 3. The van der Waals surface area contributed by atoms with Crippen LogP contribution < -0.4 is 10.6 Å². The lowest BCUT2D eigenvalue weighted by molar-refractivity contribution is -0.192. The molecule has 3 heterocycles. The molecule has 1 saturated heterocycles. The predicted octanol–water partition coefficient (Wildman–Crippen LogP) is 3.60. The number of nitriles is 1. The molecule has 11 heteroatoms. The van der Waals surface area contributed by atoms with Crippen LogP contribution in [0.25, 0.3) is 22.2 Å². The van der Waals surface area contributed by atoms with Crippen LogP contribution in [0, 0.1) is 18.3 Å². The molecule has 0 bridgehead atoms. The minimum absolute atomic E-state index is 0.433. The quantitative estimate of drug-likeness (QED) is 0.484. The summed E-state index contributed by atoms with van der Waals surface area (Å²) < 4.78 is 31.7. The number of halogens is 3. The zero-order valence-corrected chi connectivity index (χ0v) is 17.1. The molecule has 4 N–H and O–H groups in total. The van der Waals surface area contributed by atoms with Crippen LogP contribution in [0.3, 0.4) is 0 Å². The molecule has 1 aromatic carbocycles. The van der Waals surface area contributed by atoms with Crippen molar-refractivity contribution in [1.82, 2.24) is 20.3 Å². The van der Waals surface area contributed by atoms with Crippen LogP contribution in [0.4, 0.5) is 19.0 Å². The van der Waals surface area contributed by atoms with Crippen LogP contribution >= 0.6 is 0 Å². The van der Waals surface area contributed by atoms with Gasteiger partial charge in [-0.3, -0.25) is 0 Å². The average Bonchev–Trinajstić information content (AvgIpc) is 3.14. The molecule has 8 nitrogen and oxygen atoms in total. The fourth-order valence-corrected chi connectivity index (χ4v) is 3.40. The van der Waals surface area contributed by atoms with Gasteiger partial charge in [-0.25, -0.2) is 14.8 Å². The Labute approximate surface area is 181 Å². The highest BCUT2D eigenvalue weighted by molar-refractivity contribution is 5.97. The number of carboxylic acids is 1. The Kier molecular flexibility index (Phi) is 6.95. The number of piperidine rings is 1. The van der Waals surface area contributed by atoms with Gasteiger partial charge in [-0.15, -0.1) is 0 Å². The Bertz CT molecular complexity index is 1150. The number of rotatable bonds is 3. The normalized spacial score (nSPS) is 14.3. The lowest BCUT2D eigenvalue weighted by atomic mass is 10.1. The smallest absolute Gasteiger partial charge is 0.475 e. The Morgan fingerprint density at radius 2 is 1.94 bits per heavy atom. The summed E-state index contributed by atoms with van der Waals surface area (Å²) in [5, 5.41) is 24.5. The third kappa shape index (κ3) is 5.33. The molecule has 0 amide bonds. The second-order valence-electron chi connectivity index (χ2n) is 7.19. The third-order valence-electron chi connectivity index (χ3n) is 4.94. The van der Waals surface area contributed by atoms with Crippen LogP contribution in [-0.4, -0.2) is 51.3 Å². The van der Waals surface area contributed by atoms with Gasteiger partial charge in [-0.1, -0.05) is 18.2 Å². The van der Waals surface area contributed by atoms with Crippen LogP contribution in [0.15, 0.2) is 30.5 Å². The first kappa shape index (κ1) is 23.0. The second-order valence-corrected chi connectivity index (χ2v) is 7.19. The molecule has 4 rings (SSSR count). The van der Waals surface area contributed by atoms with Crippen molar-refractivity contribution < 1.29 is 23.1 Å². The number of carbonyl (C=O) groups is 1. The summed E-state index contributed by atoms with van der Waals surface area (Å²) in [7, 11) is 0. The number of aromatic nitrogens is 3. The number of benzene rings is 1. The van der Waals surface area contributed by atoms with E-state index in [4.69, 9.17) is 14.9 Å². The van der Waals surface area contributed by atoms with E-state index in [9.17, 15) is 18.4 Å². The van der Waals surface area contributed by atoms with E-state index >= 15 is 0 Å². The van der Waals surface area contributed by atoms with Crippen molar-refractivity contribution in [3.05, 3.63) is 41.9 Å². The highest BCUT2D eigenvalue weighted by atomic mass is 19.4. The summed E-state index contributed by atoms with van der Waals surface area (Å²) in [6.07, 6.45) is -1.15. The molecule has 1 aliphatic rings. The number of aliphatic carboxylic acids is 1. The standard InChI is InChI=1S/C19H20N6.C2HF3O2/c1-12-19(24-13-6-8-21-9-7-13)22-11-17(23-12)18-14-4-2-3-5-15(14)25-16(18)10-20;3-2(4,5)1(6)7/h2-5,11,13,21,25H,6-9H2,1H3,(H,22,24);(H,6,7). The van der Waals surface area contributed by atoms with Crippen LogP contribution in [0.2, 0.25) is 0 Å². The van der Waals surface area contributed by atoms with Crippen molar-refractivity contribution in [2.24, 2.45) is 0 Å². The molecule has 0 saturated carbocycles. The van der Waals surface area contributed by atoms with Gasteiger partial charge in [-0.05, 0) is 38.9 Å². The monoisotopic (exact) mass is 446 g/mol. The predicted molar refractivity (Wildman–Crippen MR) is 112 cm³/mol. The fourth-order valence-electron chi connectivity index (χ4n) is 3.40. The summed E-state index contributed by atoms with van der Waals surface area (Å²) in [6.45, 7) is 4.02. The van der Waals surface area contributed by atoms with E-state index in [1.54, 1.807) is 6.20 Å². The zero-order valence-electron chi connectivity index (χ0n) is 17.1. The number of hydrogen-bond acceptors (Lipinski definition) is 6. The van der Waals surface area contributed by atoms with E-state index in [1.165, 1.54) is 0 Å². The summed E-state index contributed by atoms with van der Waals surface area (Å²) in [5.41, 5.74) is 3.86. The fraction of sp³-hybridized carbons (Fsp3) is 0.333. The van der Waals surface area contributed by atoms with E-state index < -0.39 is 12.1 Å². The molecule has 0 unspecified atom stereocenters. The molecule has 2 aromatic heterocycles. The van der Waals surface area contributed by atoms with Gasteiger partial charge >= 0.3 is 12.1 Å². The number of alkyl halides is 3. The molecule has 0 radical (unpaired) electrons. The maximum absolute atomic E-state index is 10.6. The largest absolute Gasteiger partial charge is 0.490 e. The highest BCUT2D eigenvalue weighted by Crippen LogP contribution is 2.31. The van der Waals surface area contributed by atoms with Crippen molar-refractivity contribution in [2.45, 2.75) is 32.0 Å². The molecule has 3 aromatic rings. The van der Waals surface area contributed by atoms with Crippen LogP contribution in [-0.2, 0) is 4.79 Å². The van der Waals surface area contributed by atoms with Crippen molar-refractivity contribution in [3.8, 4) is 17.3 Å². The number of H-pyrrole nitrogens is 1. The number of hydrogen-bond donors (Lipinski definition) is 4. The van der Waals surface area contributed by atoms with Crippen molar-refractivity contribution in [3.63, 3.8) is 0 Å².